The van der Waals surface area contributed by atoms with Crippen LogP contribution in [-0.2, 0) is 19.1 Å². The lowest BCUT2D eigenvalue weighted by Crippen LogP contribution is -2.30. The second kappa shape index (κ2) is 3.51. The van der Waals surface area contributed by atoms with Crippen molar-refractivity contribution in [2.75, 3.05) is 0 Å². The van der Waals surface area contributed by atoms with Crippen molar-refractivity contribution < 1.29 is 19.1 Å². The maximum absolute atomic E-state index is 10.9. The Morgan fingerprint density at radius 1 is 1.13 bits per heavy atom. The minimum atomic E-state index is -1.00. The molecule has 1 unspecified atom stereocenters. The van der Waals surface area contributed by atoms with Gasteiger partial charge in [-0.15, -0.1) is 0 Å². The highest BCUT2D eigenvalue weighted by Gasteiger charge is 2.65. The summed E-state index contributed by atoms with van der Waals surface area (Å²) < 4.78 is 10.2. The molecule has 0 aliphatic heterocycles. The van der Waals surface area contributed by atoms with Crippen molar-refractivity contribution in [3.8, 4) is 0 Å². The van der Waals surface area contributed by atoms with E-state index in [0.717, 1.165) is 0 Å². The van der Waals surface area contributed by atoms with Gasteiger partial charge in [-0.05, 0) is 5.41 Å². The van der Waals surface area contributed by atoms with E-state index in [4.69, 9.17) is 9.47 Å². The van der Waals surface area contributed by atoms with E-state index in [2.05, 4.69) is 0 Å². The third kappa shape index (κ3) is 2.70. The second-order valence-electron chi connectivity index (χ2n) is 5.12. The zero-order chi connectivity index (χ0) is 11.9. The van der Waals surface area contributed by atoms with E-state index in [1.54, 1.807) is 0 Å². The van der Waals surface area contributed by atoms with Crippen LogP contribution in [-0.4, -0.2) is 17.7 Å². The van der Waals surface area contributed by atoms with Crippen molar-refractivity contribution in [2.24, 2.45) is 11.3 Å². The molecule has 0 N–H and O–H groups in total. The van der Waals surface area contributed by atoms with E-state index in [1.807, 2.05) is 20.8 Å². The van der Waals surface area contributed by atoms with Gasteiger partial charge in [0.1, 0.15) is 0 Å². The lowest BCUT2D eigenvalue weighted by atomic mass is 9.89. The molecule has 0 aromatic carbocycles. The molecule has 1 fully saturated rings. The molecular formula is C11H18O4. The number of ether oxygens (including phenoxy) is 2. The van der Waals surface area contributed by atoms with Gasteiger partial charge >= 0.3 is 11.9 Å². The quantitative estimate of drug-likeness (QED) is 0.520. The summed E-state index contributed by atoms with van der Waals surface area (Å²) in [5.41, 5.74) is -0.0368. The summed E-state index contributed by atoms with van der Waals surface area (Å²) in [4.78, 5) is 21.9. The summed E-state index contributed by atoms with van der Waals surface area (Å²) in [6.07, 6.45) is 0.593. The van der Waals surface area contributed by atoms with E-state index >= 15 is 0 Å². The van der Waals surface area contributed by atoms with Gasteiger partial charge in [0, 0.05) is 26.2 Å². The molecule has 1 rings (SSSR count). The van der Waals surface area contributed by atoms with Gasteiger partial charge in [0.15, 0.2) is 0 Å². The van der Waals surface area contributed by atoms with Crippen molar-refractivity contribution in [2.45, 2.75) is 46.8 Å². The molecule has 1 saturated carbocycles. The lowest BCUT2D eigenvalue weighted by Gasteiger charge is -2.24. The van der Waals surface area contributed by atoms with Crippen molar-refractivity contribution >= 4 is 11.9 Å². The number of hydrogen-bond acceptors (Lipinski definition) is 4. The Bertz CT molecular complexity index is 271. The minimum Gasteiger partial charge on any atom is -0.422 e. The van der Waals surface area contributed by atoms with Crippen LogP contribution >= 0.6 is 0 Å². The number of rotatable bonds is 2. The normalized spacial score (nSPS) is 23.1. The van der Waals surface area contributed by atoms with Gasteiger partial charge < -0.3 is 9.47 Å². The highest BCUT2D eigenvalue weighted by atomic mass is 16.7. The Kier molecular flexibility index (Phi) is 2.81. The van der Waals surface area contributed by atoms with Crippen LogP contribution in [0.15, 0.2) is 0 Å². The summed E-state index contributed by atoms with van der Waals surface area (Å²) in [7, 11) is 0. The SMILES string of the molecule is CC(=O)OC1(OC(C)=O)CC1C(C)(C)C. The Morgan fingerprint density at radius 3 is 1.73 bits per heavy atom. The Hall–Kier alpha value is -1.06. The summed E-state index contributed by atoms with van der Waals surface area (Å²) >= 11 is 0. The molecule has 1 atom stereocenters. The fourth-order valence-electron chi connectivity index (χ4n) is 1.92. The summed E-state index contributed by atoms with van der Waals surface area (Å²) in [6, 6.07) is 0. The monoisotopic (exact) mass is 214 g/mol. The molecule has 1 aliphatic carbocycles. The van der Waals surface area contributed by atoms with Crippen LogP contribution in [0, 0.1) is 11.3 Å². The van der Waals surface area contributed by atoms with Crippen LogP contribution in [0.25, 0.3) is 0 Å². The molecule has 4 nitrogen and oxygen atoms in total. The van der Waals surface area contributed by atoms with Gasteiger partial charge in [-0.1, -0.05) is 20.8 Å². The van der Waals surface area contributed by atoms with Gasteiger partial charge in [-0.25, -0.2) is 0 Å². The Labute approximate surface area is 89.9 Å². The fraction of sp³-hybridized carbons (Fsp3) is 0.818. The first kappa shape index (κ1) is 12.0. The molecule has 0 amide bonds. The van der Waals surface area contributed by atoms with E-state index < -0.39 is 17.7 Å². The third-order valence-corrected chi connectivity index (χ3v) is 2.54. The first-order valence-corrected chi connectivity index (χ1v) is 5.06. The highest BCUT2D eigenvalue weighted by molar-refractivity contribution is 5.69. The highest BCUT2D eigenvalue weighted by Crippen LogP contribution is 2.57. The van der Waals surface area contributed by atoms with Crippen LogP contribution in [0.1, 0.15) is 41.0 Å². The number of hydrogen-bond donors (Lipinski definition) is 0. The summed E-state index contributed by atoms with van der Waals surface area (Å²) in [6.45, 7) is 8.75. The molecular weight excluding hydrogens is 196 g/mol. The van der Waals surface area contributed by atoms with Crippen LogP contribution in [0.2, 0.25) is 0 Å². The van der Waals surface area contributed by atoms with Crippen LogP contribution in [0.4, 0.5) is 0 Å². The number of esters is 2. The van der Waals surface area contributed by atoms with Crippen molar-refractivity contribution in [1.29, 1.82) is 0 Å². The minimum absolute atomic E-state index is 0.0368. The molecule has 0 bridgehead atoms. The fourth-order valence-corrected chi connectivity index (χ4v) is 1.92. The van der Waals surface area contributed by atoms with Gasteiger partial charge in [0.2, 0.25) is 0 Å². The molecule has 86 valence electrons. The van der Waals surface area contributed by atoms with Crippen molar-refractivity contribution in [1.82, 2.24) is 0 Å². The Balaban J connectivity index is 2.75. The molecule has 1 aliphatic rings. The molecule has 0 heterocycles. The van der Waals surface area contributed by atoms with E-state index in [-0.39, 0.29) is 11.3 Å². The zero-order valence-electron chi connectivity index (χ0n) is 9.92. The van der Waals surface area contributed by atoms with Crippen molar-refractivity contribution in [3.05, 3.63) is 0 Å². The lowest BCUT2D eigenvalue weighted by molar-refractivity contribution is -0.199. The van der Waals surface area contributed by atoms with Gasteiger partial charge in [0.05, 0.1) is 0 Å². The molecule has 15 heavy (non-hydrogen) atoms. The molecule has 0 spiro atoms. The molecule has 0 aromatic rings. The molecule has 0 saturated heterocycles. The average molecular weight is 214 g/mol. The Morgan fingerprint density at radius 2 is 1.53 bits per heavy atom. The average Bonchev–Trinajstić information content (AvgIpc) is 2.57. The maximum Gasteiger partial charge on any atom is 0.305 e. The third-order valence-electron chi connectivity index (χ3n) is 2.54. The standard InChI is InChI=1S/C11H18O4/c1-7(12)14-11(15-8(2)13)6-9(11)10(3,4)5/h9H,6H2,1-5H3. The topological polar surface area (TPSA) is 52.6 Å². The summed E-state index contributed by atoms with van der Waals surface area (Å²) in [5, 5.41) is 0. The predicted molar refractivity (Wildman–Crippen MR) is 53.8 cm³/mol. The van der Waals surface area contributed by atoms with Gasteiger partial charge in [-0.3, -0.25) is 9.59 Å². The van der Waals surface area contributed by atoms with Crippen LogP contribution in [0.3, 0.4) is 0 Å². The predicted octanol–water partition coefficient (Wildman–Crippen LogP) is 1.87. The van der Waals surface area contributed by atoms with Crippen molar-refractivity contribution in [3.63, 3.8) is 0 Å². The van der Waals surface area contributed by atoms with Gasteiger partial charge in [0.25, 0.3) is 5.79 Å². The largest absolute Gasteiger partial charge is 0.422 e. The first-order chi connectivity index (χ1) is 6.67. The summed E-state index contributed by atoms with van der Waals surface area (Å²) in [5.74, 6) is -1.75. The molecule has 0 aromatic heterocycles. The van der Waals surface area contributed by atoms with Crippen LogP contribution < -0.4 is 0 Å². The first-order valence-electron chi connectivity index (χ1n) is 5.06. The van der Waals surface area contributed by atoms with E-state index in [9.17, 15) is 9.59 Å². The maximum atomic E-state index is 10.9. The van der Waals surface area contributed by atoms with E-state index in [1.165, 1.54) is 13.8 Å². The van der Waals surface area contributed by atoms with Gasteiger partial charge in [-0.2, -0.15) is 0 Å². The smallest absolute Gasteiger partial charge is 0.305 e. The van der Waals surface area contributed by atoms with E-state index in [0.29, 0.717) is 6.42 Å². The zero-order valence-corrected chi connectivity index (χ0v) is 9.92. The molecule has 4 heteroatoms. The number of carbonyl (C=O) groups is 2. The molecule has 0 radical (unpaired) electrons. The second-order valence-corrected chi connectivity index (χ2v) is 5.12. The number of carbonyl (C=O) groups excluding carboxylic acids is 2. The van der Waals surface area contributed by atoms with Crippen LogP contribution in [0.5, 0.6) is 0 Å².